The number of nitrogens with zero attached hydrogens (tertiary/aromatic N) is 2. The van der Waals surface area contributed by atoms with Gasteiger partial charge in [-0.15, -0.1) is 0 Å². The lowest BCUT2D eigenvalue weighted by atomic mass is 10.1. The molecular weight excluding hydrogens is 250 g/mol. The molecule has 2 aromatic rings. The van der Waals surface area contributed by atoms with E-state index in [1.807, 2.05) is 10.9 Å². The second-order valence-electron chi connectivity index (χ2n) is 4.78. The Kier molecular flexibility index (Phi) is 5.62. The van der Waals surface area contributed by atoms with Crippen LogP contribution in [0.4, 0.5) is 0 Å². The SMILES string of the molecule is CCCn1cc(OCc2ccccc2CNCC)cn1. The van der Waals surface area contributed by atoms with E-state index in [9.17, 15) is 0 Å². The first kappa shape index (κ1) is 14.6. The van der Waals surface area contributed by atoms with Gasteiger partial charge in [0.25, 0.3) is 0 Å². The van der Waals surface area contributed by atoms with Gasteiger partial charge in [0.1, 0.15) is 6.61 Å². The normalized spacial score (nSPS) is 10.7. The lowest BCUT2D eigenvalue weighted by Gasteiger charge is -2.10. The number of ether oxygens (including phenoxy) is 1. The summed E-state index contributed by atoms with van der Waals surface area (Å²) in [4.78, 5) is 0. The highest BCUT2D eigenvalue weighted by atomic mass is 16.5. The molecule has 0 saturated heterocycles. The van der Waals surface area contributed by atoms with Crippen molar-refractivity contribution in [3.05, 3.63) is 47.8 Å². The molecule has 0 radical (unpaired) electrons. The van der Waals surface area contributed by atoms with E-state index in [1.165, 1.54) is 11.1 Å². The number of aryl methyl sites for hydroxylation is 1. The molecule has 0 aliphatic carbocycles. The fourth-order valence-corrected chi connectivity index (χ4v) is 2.06. The van der Waals surface area contributed by atoms with E-state index in [0.29, 0.717) is 6.61 Å². The van der Waals surface area contributed by atoms with Gasteiger partial charge >= 0.3 is 0 Å². The van der Waals surface area contributed by atoms with Gasteiger partial charge in [-0.3, -0.25) is 4.68 Å². The molecule has 0 bridgehead atoms. The number of hydrogen-bond acceptors (Lipinski definition) is 3. The fraction of sp³-hybridized carbons (Fsp3) is 0.438. The number of benzene rings is 1. The minimum absolute atomic E-state index is 0.583. The predicted molar refractivity (Wildman–Crippen MR) is 80.7 cm³/mol. The Morgan fingerprint density at radius 2 is 2.00 bits per heavy atom. The highest BCUT2D eigenvalue weighted by Gasteiger charge is 2.04. The molecule has 1 aromatic heterocycles. The Bertz CT molecular complexity index is 522. The average Bonchev–Trinajstić information content (AvgIpc) is 2.92. The lowest BCUT2D eigenvalue weighted by Crippen LogP contribution is -2.13. The van der Waals surface area contributed by atoms with Crippen LogP contribution < -0.4 is 10.1 Å². The summed E-state index contributed by atoms with van der Waals surface area (Å²) >= 11 is 0. The second kappa shape index (κ2) is 7.70. The third-order valence-corrected chi connectivity index (χ3v) is 3.14. The maximum atomic E-state index is 5.83. The van der Waals surface area contributed by atoms with Gasteiger partial charge in [-0.25, -0.2) is 0 Å². The molecule has 0 fully saturated rings. The van der Waals surface area contributed by atoms with Gasteiger partial charge < -0.3 is 10.1 Å². The van der Waals surface area contributed by atoms with Gasteiger partial charge in [-0.1, -0.05) is 38.1 Å². The molecule has 0 aliphatic rings. The van der Waals surface area contributed by atoms with Crippen LogP contribution in [0, 0.1) is 0 Å². The molecule has 108 valence electrons. The van der Waals surface area contributed by atoms with E-state index in [-0.39, 0.29) is 0 Å². The van der Waals surface area contributed by atoms with Crippen LogP contribution in [0.5, 0.6) is 5.75 Å². The molecule has 2 rings (SSSR count). The molecule has 0 unspecified atom stereocenters. The van der Waals surface area contributed by atoms with Gasteiger partial charge in [0, 0.05) is 13.1 Å². The monoisotopic (exact) mass is 273 g/mol. The zero-order chi connectivity index (χ0) is 14.2. The third-order valence-electron chi connectivity index (χ3n) is 3.14. The van der Waals surface area contributed by atoms with Crippen LogP contribution in [0.1, 0.15) is 31.4 Å². The van der Waals surface area contributed by atoms with E-state index in [2.05, 4.69) is 48.5 Å². The number of rotatable bonds is 8. The number of hydrogen-bond donors (Lipinski definition) is 1. The summed E-state index contributed by atoms with van der Waals surface area (Å²) in [5.41, 5.74) is 2.51. The van der Waals surface area contributed by atoms with E-state index < -0.39 is 0 Å². The van der Waals surface area contributed by atoms with Crippen molar-refractivity contribution in [2.75, 3.05) is 6.54 Å². The quantitative estimate of drug-likeness (QED) is 0.803. The van der Waals surface area contributed by atoms with E-state index in [1.54, 1.807) is 6.20 Å². The van der Waals surface area contributed by atoms with Crippen LogP contribution >= 0.6 is 0 Å². The van der Waals surface area contributed by atoms with Crippen LogP contribution in [0.15, 0.2) is 36.7 Å². The first-order valence-electron chi connectivity index (χ1n) is 7.26. The van der Waals surface area contributed by atoms with Crippen molar-refractivity contribution < 1.29 is 4.74 Å². The molecule has 1 N–H and O–H groups in total. The molecular formula is C16H23N3O. The van der Waals surface area contributed by atoms with Crippen LogP contribution in [-0.4, -0.2) is 16.3 Å². The maximum absolute atomic E-state index is 5.83. The van der Waals surface area contributed by atoms with Crippen molar-refractivity contribution >= 4 is 0 Å². The summed E-state index contributed by atoms with van der Waals surface area (Å²) < 4.78 is 7.75. The van der Waals surface area contributed by atoms with Crippen LogP contribution in [0.3, 0.4) is 0 Å². The minimum atomic E-state index is 0.583. The van der Waals surface area contributed by atoms with Crippen molar-refractivity contribution in [3.63, 3.8) is 0 Å². The first-order valence-corrected chi connectivity index (χ1v) is 7.26. The van der Waals surface area contributed by atoms with Crippen molar-refractivity contribution in [1.29, 1.82) is 0 Å². The van der Waals surface area contributed by atoms with Gasteiger partial charge in [0.15, 0.2) is 5.75 Å². The molecule has 1 heterocycles. The van der Waals surface area contributed by atoms with Crippen molar-refractivity contribution in [2.24, 2.45) is 0 Å². The zero-order valence-electron chi connectivity index (χ0n) is 12.3. The smallest absolute Gasteiger partial charge is 0.157 e. The maximum Gasteiger partial charge on any atom is 0.157 e. The van der Waals surface area contributed by atoms with Crippen molar-refractivity contribution in [1.82, 2.24) is 15.1 Å². The third kappa shape index (κ3) is 4.10. The van der Waals surface area contributed by atoms with Crippen molar-refractivity contribution in [3.8, 4) is 5.75 Å². The topological polar surface area (TPSA) is 39.1 Å². The number of aromatic nitrogens is 2. The summed E-state index contributed by atoms with van der Waals surface area (Å²) in [6, 6.07) is 8.37. The molecule has 4 heteroatoms. The Morgan fingerprint density at radius 3 is 2.75 bits per heavy atom. The molecule has 0 atom stereocenters. The highest BCUT2D eigenvalue weighted by Crippen LogP contribution is 2.14. The van der Waals surface area contributed by atoms with E-state index in [0.717, 1.165) is 31.8 Å². The van der Waals surface area contributed by atoms with Crippen LogP contribution in [0.2, 0.25) is 0 Å². The number of nitrogens with one attached hydrogen (secondary N) is 1. The summed E-state index contributed by atoms with van der Waals surface area (Å²) in [6.07, 6.45) is 4.81. The Morgan fingerprint density at radius 1 is 1.20 bits per heavy atom. The summed E-state index contributed by atoms with van der Waals surface area (Å²) in [7, 11) is 0. The van der Waals surface area contributed by atoms with Gasteiger partial charge in [-0.05, 0) is 24.1 Å². The Labute approximate surface area is 120 Å². The molecule has 0 amide bonds. The predicted octanol–water partition coefficient (Wildman–Crippen LogP) is 2.98. The Hall–Kier alpha value is -1.81. The van der Waals surface area contributed by atoms with Gasteiger partial charge in [-0.2, -0.15) is 5.10 Å². The van der Waals surface area contributed by atoms with Crippen LogP contribution in [0.25, 0.3) is 0 Å². The average molecular weight is 273 g/mol. The largest absolute Gasteiger partial charge is 0.486 e. The molecule has 0 saturated carbocycles. The molecule has 4 nitrogen and oxygen atoms in total. The minimum Gasteiger partial charge on any atom is -0.486 e. The van der Waals surface area contributed by atoms with E-state index in [4.69, 9.17) is 4.74 Å². The first-order chi connectivity index (χ1) is 9.83. The van der Waals surface area contributed by atoms with Crippen LogP contribution in [-0.2, 0) is 19.7 Å². The molecule has 0 spiro atoms. The van der Waals surface area contributed by atoms with Crippen molar-refractivity contribution in [2.45, 2.75) is 40.0 Å². The summed E-state index contributed by atoms with van der Waals surface area (Å²) in [5.74, 6) is 0.830. The van der Waals surface area contributed by atoms with Gasteiger partial charge in [0.2, 0.25) is 0 Å². The second-order valence-corrected chi connectivity index (χ2v) is 4.78. The molecule has 0 aliphatic heterocycles. The molecule has 20 heavy (non-hydrogen) atoms. The summed E-state index contributed by atoms with van der Waals surface area (Å²) in [6.45, 7) is 7.62. The van der Waals surface area contributed by atoms with E-state index >= 15 is 0 Å². The zero-order valence-corrected chi connectivity index (χ0v) is 12.3. The lowest BCUT2D eigenvalue weighted by molar-refractivity contribution is 0.304. The van der Waals surface area contributed by atoms with Gasteiger partial charge in [0.05, 0.1) is 12.4 Å². The standard InChI is InChI=1S/C16H23N3O/c1-3-9-19-12-16(11-18-19)20-13-15-8-6-5-7-14(15)10-17-4-2/h5-8,11-12,17H,3-4,9-10,13H2,1-2H3. The molecule has 1 aromatic carbocycles. The summed E-state index contributed by atoms with van der Waals surface area (Å²) in [5, 5.41) is 7.62. The fourth-order valence-electron chi connectivity index (χ4n) is 2.06. The Balaban J connectivity index is 1.95. The highest BCUT2D eigenvalue weighted by molar-refractivity contribution is 5.27.